The van der Waals surface area contributed by atoms with Crippen molar-refractivity contribution >= 4 is 47.1 Å². The van der Waals surface area contributed by atoms with E-state index in [2.05, 4.69) is 73.2 Å². The first-order chi connectivity index (χ1) is 26.1. The lowest BCUT2D eigenvalue weighted by atomic mass is 9.84. The van der Waals surface area contributed by atoms with Crippen LogP contribution in [0, 0.1) is 5.41 Å². The summed E-state index contributed by atoms with van der Waals surface area (Å²) < 4.78 is 63.4. The maximum atomic E-state index is 16.2. The second-order valence-electron chi connectivity index (χ2n) is 15.5. The monoisotopic (exact) mass is 786 g/mol. The molecule has 1 N–H and O–H groups in total. The van der Waals surface area contributed by atoms with Gasteiger partial charge in [-0.25, -0.2) is 22.9 Å². The Morgan fingerprint density at radius 1 is 0.927 bits per heavy atom. The van der Waals surface area contributed by atoms with E-state index in [0.29, 0.717) is 32.8 Å². The predicted octanol–water partition coefficient (Wildman–Crippen LogP) is 9.51. The van der Waals surface area contributed by atoms with E-state index in [4.69, 9.17) is 9.16 Å². The van der Waals surface area contributed by atoms with Crippen LogP contribution in [0.2, 0.25) is 5.04 Å². The molecule has 0 aliphatic rings. The number of aromatic nitrogens is 4. The number of benzene rings is 3. The minimum Gasteiger partial charge on any atom is -0.475 e. The van der Waals surface area contributed by atoms with E-state index < -0.39 is 38.5 Å². The fraction of sp³-hybridized carbons (Fsp3) is 0.333. The molecule has 0 amide bonds. The standard InChI is InChI=1S/C42H45F3N4O4SSi/c1-26(52-7)34-30(19-14-22-46-34)35-32(31-23-27(39-47-38(40(50)51)48-54-39)20-21-33(31)49(35)37(45)36(43)44)24-42(5,6)25-53-55(41(2,3)4,28-15-10-8-11-16-28)29-17-12-9-13-18-29/h8-23,26,36-37H,24-25H2,1-7H3,(H,50,51). The van der Waals surface area contributed by atoms with Crippen LogP contribution < -0.4 is 10.4 Å². The van der Waals surface area contributed by atoms with Gasteiger partial charge in [-0.05, 0) is 81.6 Å². The van der Waals surface area contributed by atoms with E-state index in [1.807, 2.05) is 36.4 Å². The Balaban J connectivity index is 1.57. The molecule has 2 unspecified atom stereocenters. The average molecular weight is 787 g/mol. The molecule has 13 heteroatoms. The number of carboxylic acid groups (broad SMARTS) is 1. The summed E-state index contributed by atoms with van der Waals surface area (Å²) in [4.78, 5) is 20.4. The van der Waals surface area contributed by atoms with Gasteiger partial charge in [-0.1, -0.05) is 95.3 Å². The fourth-order valence-corrected chi connectivity index (χ4v) is 12.8. The van der Waals surface area contributed by atoms with Gasteiger partial charge in [0.25, 0.3) is 20.6 Å². The number of hydrogen-bond acceptors (Lipinski definition) is 7. The van der Waals surface area contributed by atoms with Crippen LogP contribution in [-0.2, 0) is 15.6 Å². The average Bonchev–Trinajstić information content (AvgIpc) is 3.78. The van der Waals surface area contributed by atoms with Gasteiger partial charge in [0.15, 0.2) is 0 Å². The van der Waals surface area contributed by atoms with Gasteiger partial charge in [0.05, 0.1) is 23.0 Å². The van der Waals surface area contributed by atoms with Crippen molar-refractivity contribution in [2.75, 3.05) is 13.7 Å². The molecular formula is C42H45F3N4O4SSi. The predicted molar refractivity (Wildman–Crippen MR) is 214 cm³/mol. The number of rotatable bonds is 14. The summed E-state index contributed by atoms with van der Waals surface area (Å²) in [5.74, 6) is -1.62. The lowest BCUT2D eigenvalue weighted by Gasteiger charge is -2.44. The quantitative estimate of drug-likeness (QED) is 0.110. The molecule has 8 nitrogen and oxygen atoms in total. The minimum atomic E-state index is -3.34. The molecule has 288 valence electrons. The maximum absolute atomic E-state index is 16.2. The van der Waals surface area contributed by atoms with Gasteiger partial charge >= 0.3 is 5.97 Å². The van der Waals surface area contributed by atoms with Crippen LogP contribution in [0.3, 0.4) is 0 Å². The van der Waals surface area contributed by atoms with Crippen molar-refractivity contribution in [1.82, 2.24) is 18.9 Å². The lowest BCUT2D eigenvalue weighted by Crippen LogP contribution is -2.67. The zero-order valence-electron chi connectivity index (χ0n) is 31.9. The third-order valence-electron chi connectivity index (χ3n) is 10.0. The number of halogens is 3. The van der Waals surface area contributed by atoms with E-state index in [0.717, 1.165) is 26.5 Å². The van der Waals surface area contributed by atoms with Crippen molar-refractivity contribution in [2.45, 2.75) is 71.8 Å². The first-order valence-electron chi connectivity index (χ1n) is 18.0. The molecule has 0 saturated carbocycles. The summed E-state index contributed by atoms with van der Waals surface area (Å²) in [5.41, 5.74) is 1.92. The lowest BCUT2D eigenvalue weighted by molar-refractivity contribution is 0.0114. The largest absolute Gasteiger partial charge is 0.475 e. The Morgan fingerprint density at radius 2 is 1.56 bits per heavy atom. The van der Waals surface area contributed by atoms with Crippen LogP contribution in [0.15, 0.2) is 97.2 Å². The van der Waals surface area contributed by atoms with Gasteiger partial charge < -0.3 is 18.8 Å². The number of carbonyl (C=O) groups is 1. The molecule has 0 fully saturated rings. The van der Waals surface area contributed by atoms with Crippen molar-refractivity contribution < 1.29 is 32.2 Å². The Morgan fingerprint density at radius 3 is 2.11 bits per heavy atom. The van der Waals surface area contributed by atoms with Gasteiger partial charge in [-0.3, -0.25) is 4.98 Å². The second-order valence-corrected chi connectivity index (χ2v) is 20.5. The minimum absolute atomic E-state index is 0.244. The molecule has 3 aromatic carbocycles. The number of hydrogen-bond donors (Lipinski definition) is 1. The van der Waals surface area contributed by atoms with Gasteiger partial charge in [0.1, 0.15) is 5.01 Å². The number of methoxy groups -OCH3 is 1. The maximum Gasteiger partial charge on any atom is 0.375 e. The van der Waals surface area contributed by atoms with E-state index in [9.17, 15) is 18.7 Å². The zero-order valence-corrected chi connectivity index (χ0v) is 33.7. The summed E-state index contributed by atoms with van der Waals surface area (Å²) in [6.45, 7) is 12.8. The smallest absolute Gasteiger partial charge is 0.375 e. The molecule has 55 heavy (non-hydrogen) atoms. The molecule has 0 spiro atoms. The summed E-state index contributed by atoms with van der Waals surface area (Å²) in [7, 11) is -1.45. The number of aromatic carboxylic acids is 1. The molecule has 0 aliphatic heterocycles. The molecule has 2 atom stereocenters. The van der Waals surface area contributed by atoms with E-state index in [1.165, 1.54) is 7.11 Å². The number of alkyl halides is 3. The zero-order chi connectivity index (χ0) is 39.7. The van der Waals surface area contributed by atoms with Gasteiger partial charge in [-0.15, -0.1) is 0 Å². The molecule has 3 heterocycles. The molecule has 0 saturated heterocycles. The number of ether oxygens (including phenoxy) is 1. The SMILES string of the molecule is COC(C)c1ncccc1-c1c(CC(C)(C)CO[Si](c2ccccc2)(c2ccccc2)C(C)(C)C)c2cc(-c3nc(C(=O)O)ns3)ccc2n1C(F)C(F)F. The van der Waals surface area contributed by atoms with Crippen LogP contribution in [0.1, 0.15) is 75.8 Å². The summed E-state index contributed by atoms with van der Waals surface area (Å²) >= 11 is 0.911. The number of fused-ring (bicyclic) bond motifs is 1. The molecule has 6 rings (SSSR count). The number of pyridine rings is 1. The Labute approximate surface area is 324 Å². The Hall–Kier alpha value is -4.69. The van der Waals surface area contributed by atoms with Gasteiger partial charge in [0, 0.05) is 36.4 Å². The number of nitrogens with zero attached hydrogens (tertiary/aromatic N) is 4. The Kier molecular flexibility index (Phi) is 11.5. The van der Waals surface area contributed by atoms with Crippen LogP contribution in [0.5, 0.6) is 0 Å². The van der Waals surface area contributed by atoms with Crippen molar-refractivity contribution in [2.24, 2.45) is 5.41 Å². The van der Waals surface area contributed by atoms with Gasteiger partial charge in [0.2, 0.25) is 6.30 Å². The van der Waals surface area contributed by atoms with E-state index in [-0.39, 0.29) is 35.1 Å². The van der Waals surface area contributed by atoms with Crippen LogP contribution in [-0.4, -0.2) is 58.4 Å². The van der Waals surface area contributed by atoms with Crippen molar-refractivity contribution in [3.8, 4) is 21.8 Å². The highest BCUT2D eigenvalue weighted by Gasteiger charge is 2.51. The first kappa shape index (κ1) is 40.0. The summed E-state index contributed by atoms with van der Waals surface area (Å²) in [5, 5.41) is 12.3. The van der Waals surface area contributed by atoms with Crippen LogP contribution in [0.4, 0.5) is 13.2 Å². The molecule has 0 bridgehead atoms. The highest BCUT2D eigenvalue weighted by Crippen LogP contribution is 2.45. The van der Waals surface area contributed by atoms with Crippen molar-refractivity contribution in [3.05, 3.63) is 114 Å². The normalized spacial score (nSPS) is 13.7. The van der Waals surface area contributed by atoms with Crippen molar-refractivity contribution in [1.29, 1.82) is 0 Å². The number of carboxylic acids is 1. The van der Waals surface area contributed by atoms with Crippen LogP contribution in [0.25, 0.3) is 32.7 Å². The van der Waals surface area contributed by atoms with E-state index >= 15 is 4.39 Å². The topological polar surface area (TPSA) is 99.4 Å². The third-order valence-corrected chi connectivity index (χ3v) is 15.8. The fourth-order valence-electron chi connectivity index (χ4n) is 7.43. The molecule has 0 aliphatic carbocycles. The van der Waals surface area contributed by atoms with Crippen molar-refractivity contribution in [3.63, 3.8) is 0 Å². The second kappa shape index (κ2) is 15.8. The molecular weight excluding hydrogens is 742 g/mol. The van der Waals surface area contributed by atoms with Crippen LogP contribution >= 0.6 is 11.5 Å². The highest BCUT2D eigenvalue weighted by atomic mass is 32.1. The Bertz CT molecular complexity index is 2240. The molecule has 6 aromatic rings. The third kappa shape index (κ3) is 7.75. The first-order valence-corrected chi connectivity index (χ1v) is 20.7. The van der Waals surface area contributed by atoms with E-state index in [1.54, 1.807) is 43.5 Å². The summed E-state index contributed by atoms with van der Waals surface area (Å²) in [6, 6.07) is 29.0. The van der Waals surface area contributed by atoms with Gasteiger partial charge in [-0.2, -0.15) is 4.37 Å². The summed E-state index contributed by atoms with van der Waals surface area (Å²) in [6.07, 6.45) is -4.70. The molecule has 0 radical (unpaired) electrons. The molecule has 3 aromatic heterocycles. The highest BCUT2D eigenvalue weighted by molar-refractivity contribution is 7.09.